The Hall–Kier alpha value is -3.02. The van der Waals surface area contributed by atoms with Crippen LogP contribution in [-0.4, -0.2) is 21.9 Å². The summed E-state index contributed by atoms with van der Waals surface area (Å²) in [7, 11) is 0. The molecule has 0 bridgehead atoms. The standard InChI is InChI=1S/C21H17F3N2O/c22-21(23,24)17-9-4-8-16(14-17)20(27)26-13-12-25-11-5-10-18(25)19(26)15-6-2-1-3-7-15/h1-11,14,19H,12-13H2/t19-/m1/s1. The Kier molecular flexibility index (Phi) is 4.26. The zero-order chi connectivity index (χ0) is 19.0. The van der Waals surface area contributed by atoms with Crippen molar-refractivity contribution in [2.45, 2.75) is 18.8 Å². The summed E-state index contributed by atoms with van der Waals surface area (Å²) >= 11 is 0. The molecule has 1 aliphatic heterocycles. The Morgan fingerprint density at radius 3 is 2.44 bits per heavy atom. The number of carbonyl (C=O) groups excluding carboxylic acids is 1. The molecule has 3 nitrogen and oxygen atoms in total. The van der Waals surface area contributed by atoms with Crippen LogP contribution in [0.4, 0.5) is 13.2 Å². The fourth-order valence-electron chi connectivity index (χ4n) is 3.58. The maximum Gasteiger partial charge on any atom is 0.416 e. The largest absolute Gasteiger partial charge is 0.416 e. The second kappa shape index (κ2) is 6.61. The molecule has 1 aliphatic rings. The molecule has 0 aliphatic carbocycles. The Balaban J connectivity index is 1.75. The van der Waals surface area contributed by atoms with Crippen LogP contribution in [0.15, 0.2) is 72.9 Å². The molecule has 1 aromatic heterocycles. The maximum atomic E-state index is 13.1. The SMILES string of the molecule is O=C(c1cccc(C(F)(F)F)c1)N1CCn2cccc2[C@H]1c1ccccc1. The van der Waals surface area contributed by atoms with Crippen molar-refractivity contribution in [2.75, 3.05) is 6.54 Å². The van der Waals surface area contributed by atoms with E-state index in [0.717, 1.165) is 23.4 Å². The van der Waals surface area contributed by atoms with Crippen LogP contribution in [0, 0.1) is 0 Å². The van der Waals surface area contributed by atoms with Gasteiger partial charge in [0.15, 0.2) is 0 Å². The maximum absolute atomic E-state index is 13.1. The molecule has 6 heteroatoms. The number of rotatable bonds is 2. The number of hydrogen-bond donors (Lipinski definition) is 0. The fraction of sp³-hybridized carbons (Fsp3) is 0.190. The van der Waals surface area contributed by atoms with Gasteiger partial charge in [-0.15, -0.1) is 0 Å². The summed E-state index contributed by atoms with van der Waals surface area (Å²) in [6.45, 7) is 1.03. The minimum Gasteiger partial charge on any atom is -0.348 e. The second-order valence-corrected chi connectivity index (χ2v) is 6.52. The van der Waals surface area contributed by atoms with Crippen molar-refractivity contribution in [1.29, 1.82) is 0 Å². The monoisotopic (exact) mass is 370 g/mol. The van der Waals surface area contributed by atoms with E-state index >= 15 is 0 Å². The lowest BCUT2D eigenvalue weighted by Crippen LogP contribution is -2.42. The number of alkyl halides is 3. The van der Waals surface area contributed by atoms with Gasteiger partial charge in [-0.05, 0) is 35.9 Å². The van der Waals surface area contributed by atoms with Crippen molar-refractivity contribution < 1.29 is 18.0 Å². The van der Waals surface area contributed by atoms with Crippen molar-refractivity contribution in [2.24, 2.45) is 0 Å². The van der Waals surface area contributed by atoms with Crippen LogP contribution in [0.25, 0.3) is 0 Å². The first-order valence-electron chi connectivity index (χ1n) is 8.63. The summed E-state index contributed by atoms with van der Waals surface area (Å²) in [5, 5.41) is 0. The molecular formula is C21H17F3N2O. The van der Waals surface area contributed by atoms with Crippen LogP contribution in [0.3, 0.4) is 0 Å². The molecule has 0 spiro atoms. The first kappa shape index (κ1) is 17.4. The van der Waals surface area contributed by atoms with Gasteiger partial charge in [-0.25, -0.2) is 0 Å². The number of nitrogens with zero attached hydrogens (tertiary/aromatic N) is 2. The molecule has 2 aromatic carbocycles. The predicted molar refractivity (Wildman–Crippen MR) is 95.2 cm³/mol. The van der Waals surface area contributed by atoms with E-state index in [4.69, 9.17) is 0 Å². The van der Waals surface area contributed by atoms with Crippen LogP contribution in [0.5, 0.6) is 0 Å². The van der Waals surface area contributed by atoms with E-state index in [1.54, 1.807) is 4.90 Å². The average Bonchev–Trinajstić information content (AvgIpc) is 3.15. The molecule has 3 aromatic rings. The number of halogens is 3. The van der Waals surface area contributed by atoms with Crippen LogP contribution < -0.4 is 0 Å². The smallest absolute Gasteiger partial charge is 0.348 e. The lowest BCUT2D eigenvalue weighted by atomic mass is 9.98. The molecule has 0 saturated carbocycles. The van der Waals surface area contributed by atoms with Gasteiger partial charge in [0.25, 0.3) is 5.91 Å². The van der Waals surface area contributed by atoms with Crippen LogP contribution >= 0.6 is 0 Å². The summed E-state index contributed by atoms with van der Waals surface area (Å²) in [5.41, 5.74) is 1.11. The molecule has 0 radical (unpaired) electrons. The highest BCUT2D eigenvalue weighted by molar-refractivity contribution is 5.95. The zero-order valence-electron chi connectivity index (χ0n) is 14.4. The zero-order valence-corrected chi connectivity index (χ0v) is 14.4. The Labute approximate surface area is 154 Å². The van der Waals surface area contributed by atoms with Gasteiger partial charge < -0.3 is 9.47 Å². The molecule has 4 rings (SSSR count). The summed E-state index contributed by atoms with van der Waals surface area (Å²) in [5.74, 6) is -0.401. The lowest BCUT2D eigenvalue weighted by molar-refractivity contribution is -0.137. The van der Waals surface area contributed by atoms with Crippen molar-refractivity contribution in [3.8, 4) is 0 Å². The van der Waals surface area contributed by atoms with Crippen molar-refractivity contribution in [3.05, 3.63) is 95.3 Å². The molecule has 138 valence electrons. The van der Waals surface area contributed by atoms with E-state index in [1.807, 2.05) is 48.7 Å². The first-order valence-corrected chi connectivity index (χ1v) is 8.63. The summed E-state index contributed by atoms with van der Waals surface area (Å²) in [4.78, 5) is 14.8. The van der Waals surface area contributed by atoms with E-state index in [9.17, 15) is 18.0 Å². The minimum absolute atomic E-state index is 0.0470. The van der Waals surface area contributed by atoms with Gasteiger partial charge in [0.05, 0.1) is 11.6 Å². The molecule has 27 heavy (non-hydrogen) atoms. The lowest BCUT2D eigenvalue weighted by Gasteiger charge is -2.37. The number of hydrogen-bond acceptors (Lipinski definition) is 1. The van der Waals surface area contributed by atoms with Crippen LogP contribution in [0.1, 0.15) is 33.2 Å². The second-order valence-electron chi connectivity index (χ2n) is 6.52. The predicted octanol–water partition coefficient (Wildman–Crippen LogP) is 4.75. The fourth-order valence-corrected chi connectivity index (χ4v) is 3.58. The molecule has 1 amide bonds. The van der Waals surface area contributed by atoms with Crippen molar-refractivity contribution in [3.63, 3.8) is 0 Å². The third-order valence-corrected chi connectivity index (χ3v) is 4.85. The number of aromatic nitrogens is 1. The van der Waals surface area contributed by atoms with Gasteiger partial charge >= 0.3 is 6.18 Å². The van der Waals surface area contributed by atoms with E-state index in [0.29, 0.717) is 13.1 Å². The van der Waals surface area contributed by atoms with Crippen LogP contribution in [0.2, 0.25) is 0 Å². The molecule has 0 saturated heterocycles. The quantitative estimate of drug-likeness (QED) is 0.639. The van der Waals surface area contributed by atoms with Crippen molar-refractivity contribution >= 4 is 5.91 Å². The third-order valence-electron chi connectivity index (χ3n) is 4.85. The molecule has 0 fully saturated rings. The highest BCUT2D eigenvalue weighted by Gasteiger charge is 2.34. The molecule has 2 heterocycles. The Bertz CT molecular complexity index is 963. The van der Waals surface area contributed by atoms with E-state index in [1.165, 1.54) is 12.1 Å². The number of amides is 1. The highest BCUT2D eigenvalue weighted by Crippen LogP contribution is 2.34. The minimum atomic E-state index is -4.48. The van der Waals surface area contributed by atoms with Gasteiger partial charge in [-0.2, -0.15) is 13.2 Å². The Morgan fingerprint density at radius 2 is 1.70 bits per heavy atom. The Morgan fingerprint density at radius 1 is 0.926 bits per heavy atom. The number of benzene rings is 2. The van der Waals surface area contributed by atoms with Gasteiger partial charge in [0, 0.05) is 30.5 Å². The van der Waals surface area contributed by atoms with E-state index in [-0.39, 0.29) is 11.6 Å². The third kappa shape index (κ3) is 3.23. The van der Waals surface area contributed by atoms with E-state index < -0.39 is 17.6 Å². The normalized spacial score (nSPS) is 16.9. The molecule has 1 atom stereocenters. The summed E-state index contributed by atoms with van der Waals surface area (Å²) in [6.07, 6.45) is -2.52. The van der Waals surface area contributed by atoms with Crippen molar-refractivity contribution in [1.82, 2.24) is 9.47 Å². The average molecular weight is 370 g/mol. The van der Waals surface area contributed by atoms with Crippen LogP contribution in [-0.2, 0) is 12.7 Å². The topological polar surface area (TPSA) is 25.2 Å². The molecular weight excluding hydrogens is 353 g/mol. The summed E-state index contributed by atoms with van der Waals surface area (Å²) < 4.78 is 41.2. The van der Waals surface area contributed by atoms with E-state index in [2.05, 4.69) is 4.57 Å². The van der Waals surface area contributed by atoms with Gasteiger partial charge in [0.2, 0.25) is 0 Å². The molecule has 0 unspecified atom stereocenters. The number of fused-ring (bicyclic) bond motifs is 1. The van der Waals surface area contributed by atoms with Gasteiger partial charge in [0.1, 0.15) is 0 Å². The number of carbonyl (C=O) groups is 1. The highest BCUT2D eigenvalue weighted by atomic mass is 19.4. The van der Waals surface area contributed by atoms with Gasteiger partial charge in [-0.3, -0.25) is 4.79 Å². The molecule has 0 N–H and O–H groups in total. The van der Waals surface area contributed by atoms with Gasteiger partial charge in [-0.1, -0.05) is 36.4 Å². The first-order chi connectivity index (χ1) is 12.9. The summed E-state index contributed by atoms with van der Waals surface area (Å²) in [6, 6.07) is 17.7.